The zero-order valence-corrected chi connectivity index (χ0v) is 12.2. The molecule has 2 aliphatic rings. The van der Waals surface area contributed by atoms with E-state index in [1.807, 2.05) is 6.92 Å². The molecule has 2 saturated carbocycles. The molecule has 0 saturated heterocycles. The Bertz CT molecular complexity index is 366. The van der Waals surface area contributed by atoms with Gasteiger partial charge in [0.1, 0.15) is 6.04 Å². The van der Waals surface area contributed by atoms with Gasteiger partial charge in [0.25, 0.3) is 0 Å². The molecule has 6 heteroatoms. The normalized spacial score (nSPS) is 21.1. The lowest BCUT2D eigenvalue weighted by atomic mass is 10.1. The van der Waals surface area contributed by atoms with Crippen LogP contribution < -0.4 is 5.32 Å². The summed E-state index contributed by atoms with van der Waals surface area (Å²) in [6.07, 6.45) is 4.05. The Morgan fingerprint density at radius 3 is 2.35 bits per heavy atom. The monoisotopic (exact) mass is 284 g/mol. The fourth-order valence-corrected chi connectivity index (χ4v) is 2.54. The summed E-state index contributed by atoms with van der Waals surface area (Å²) < 4.78 is 5.05. The van der Waals surface area contributed by atoms with Crippen LogP contribution in [0.25, 0.3) is 0 Å². The summed E-state index contributed by atoms with van der Waals surface area (Å²) in [5.74, 6) is -0.301. The van der Waals surface area contributed by atoms with E-state index in [0.29, 0.717) is 19.1 Å². The van der Waals surface area contributed by atoms with Crippen LogP contribution in [0.15, 0.2) is 0 Å². The van der Waals surface area contributed by atoms with Crippen LogP contribution in [0.1, 0.15) is 32.6 Å². The van der Waals surface area contributed by atoms with Crippen molar-refractivity contribution in [3.63, 3.8) is 0 Å². The highest BCUT2D eigenvalue weighted by Crippen LogP contribution is 2.36. The summed E-state index contributed by atoms with van der Waals surface area (Å²) in [6.45, 7) is 2.99. The lowest BCUT2D eigenvalue weighted by Crippen LogP contribution is -2.52. The van der Waals surface area contributed by atoms with Crippen molar-refractivity contribution in [1.29, 1.82) is 0 Å². The summed E-state index contributed by atoms with van der Waals surface area (Å²) in [5, 5.41) is 11.9. The van der Waals surface area contributed by atoms with Gasteiger partial charge < -0.3 is 20.1 Å². The van der Waals surface area contributed by atoms with E-state index in [9.17, 15) is 14.7 Å². The Morgan fingerprint density at radius 2 is 1.90 bits per heavy atom. The van der Waals surface area contributed by atoms with E-state index in [0.717, 1.165) is 25.7 Å². The van der Waals surface area contributed by atoms with E-state index in [1.54, 1.807) is 12.0 Å². The third kappa shape index (κ3) is 3.85. The van der Waals surface area contributed by atoms with Crippen LogP contribution in [-0.2, 0) is 9.53 Å². The fraction of sp³-hybridized carbons (Fsp3) is 0.857. The van der Waals surface area contributed by atoms with Crippen molar-refractivity contribution in [2.45, 2.75) is 44.7 Å². The number of hydrogen-bond donors (Lipinski definition) is 2. The molecule has 2 amide bonds. The second-order valence-electron chi connectivity index (χ2n) is 5.87. The molecular formula is C14H24N2O4. The van der Waals surface area contributed by atoms with Gasteiger partial charge in [0, 0.05) is 19.7 Å². The molecule has 2 rings (SSSR count). The molecule has 0 aromatic carbocycles. The maximum absolute atomic E-state index is 12.4. The molecule has 0 radical (unpaired) electrons. The Morgan fingerprint density at radius 1 is 1.30 bits per heavy atom. The van der Waals surface area contributed by atoms with E-state index < -0.39 is 12.0 Å². The zero-order valence-electron chi connectivity index (χ0n) is 12.2. The number of urea groups is 1. The minimum absolute atomic E-state index is 0.0944. The van der Waals surface area contributed by atoms with Crippen LogP contribution in [0.4, 0.5) is 4.79 Å². The van der Waals surface area contributed by atoms with Crippen molar-refractivity contribution >= 4 is 12.0 Å². The molecule has 0 heterocycles. The molecule has 0 aliphatic heterocycles. The fourth-order valence-electron chi connectivity index (χ4n) is 2.54. The molecule has 0 aromatic rings. The minimum atomic E-state index is -0.938. The van der Waals surface area contributed by atoms with E-state index in [-0.39, 0.29) is 18.0 Å². The molecule has 0 bridgehead atoms. The number of nitrogens with zero attached hydrogens (tertiary/aromatic N) is 1. The molecule has 2 unspecified atom stereocenters. The van der Waals surface area contributed by atoms with Gasteiger partial charge in [0.05, 0.1) is 6.61 Å². The Balaban J connectivity index is 1.95. The van der Waals surface area contributed by atoms with Crippen LogP contribution in [0.5, 0.6) is 0 Å². The SMILES string of the molecule is COCCN(C(=O)NC(C(=O)O)C1CC1)C(C)C1CC1. The molecule has 2 aliphatic carbocycles. The van der Waals surface area contributed by atoms with Gasteiger partial charge in [-0.05, 0) is 44.4 Å². The highest BCUT2D eigenvalue weighted by molar-refractivity contribution is 5.83. The van der Waals surface area contributed by atoms with Gasteiger partial charge in [-0.3, -0.25) is 0 Å². The Hall–Kier alpha value is -1.30. The molecule has 114 valence electrons. The smallest absolute Gasteiger partial charge is 0.326 e. The van der Waals surface area contributed by atoms with Crippen molar-refractivity contribution < 1.29 is 19.4 Å². The predicted octanol–water partition coefficient (Wildman–Crippen LogP) is 1.31. The number of carboxylic acids is 1. The van der Waals surface area contributed by atoms with Crippen molar-refractivity contribution in [2.75, 3.05) is 20.3 Å². The van der Waals surface area contributed by atoms with Crippen molar-refractivity contribution in [1.82, 2.24) is 10.2 Å². The lowest BCUT2D eigenvalue weighted by Gasteiger charge is -2.30. The van der Waals surface area contributed by atoms with Crippen molar-refractivity contribution in [3.8, 4) is 0 Å². The van der Waals surface area contributed by atoms with E-state index >= 15 is 0 Å². The first-order chi connectivity index (χ1) is 9.54. The first kappa shape index (κ1) is 15.1. The van der Waals surface area contributed by atoms with Crippen LogP contribution >= 0.6 is 0 Å². The Labute approximate surface area is 119 Å². The molecule has 0 spiro atoms. The van der Waals surface area contributed by atoms with Crippen molar-refractivity contribution in [2.24, 2.45) is 11.8 Å². The van der Waals surface area contributed by atoms with Crippen LogP contribution in [0.3, 0.4) is 0 Å². The van der Waals surface area contributed by atoms with Crippen molar-refractivity contribution in [3.05, 3.63) is 0 Å². The summed E-state index contributed by atoms with van der Waals surface area (Å²) in [7, 11) is 1.60. The van der Waals surface area contributed by atoms with Gasteiger partial charge in [-0.25, -0.2) is 9.59 Å². The lowest BCUT2D eigenvalue weighted by molar-refractivity contribution is -0.139. The van der Waals surface area contributed by atoms with Crippen LogP contribution in [-0.4, -0.2) is 54.4 Å². The topological polar surface area (TPSA) is 78.9 Å². The molecule has 2 fully saturated rings. The van der Waals surface area contributed by atoms with Crippen LogP contribution in [0, 0.1) is 11.8 Å². The summed E-state index contributed by atoms with van der Waals surface area (Å²) >= 11 is 0. The summed E-state index contributed by atoms with van der Waals surface area (Å²) in [5.41, 5.74) is 0. The number of carbonyl (C=O) groups excluding carboxylic acids is 1. The first-order valence-corrected chi connectivity index (χ1v) is 7.33. The van der Waals surface area contributed by atoms with Gasteiger partial charge in [-0.15, -0.1) is 0 Å². The molecule has 6 nitrogen and oxygen atoms in total. The number of nitrogens with one attached hydrogen (secondary N) is 1. The van der Waals surface area contributed by atoms with Gasteiger partial charge in [-0.1, -0.05) is 0 Å². The highest BCUT2D eigenvalue weighted by atomic mass is 16.5. The number of amides is 2. The van der Waals surface area contributed by atoms with Gasteiger partial charge in [0.2, 0.25) is 0 Å². The second kappa shape index (κ2) is 6.43. The van der Waals surface area contributed by atoms with Gasteiger partial charge in [-0.2, -0.15) is 0 Å². The van der Waals surface area contributed by atoms with Gasteiger partial charge in [0.15, 0.2) is 0 Å². The van der Waals surface area contributed by atoms with Crippen LogP contribution in [0.2, 0.25) is 0 Å². The standard InChI is InChI=1S/C14H24N2O4/c1-9(10-3-4-10)16(7-8-20-2)14(19)15-12(13(17)18)11-5-6-11/h9-12H,3-8H2,1-2H3,(H,15,19)(H,17,18). The predicted molar refractivity (Wildman–Crippen MR) is 73.4 cm³/mol. The quantitative estimate of drug-likeness (QED) is 0.704. The maximum Gasteiger partial charge on any atom is 0.326 e. The molecule has 0 aromatic heterocycles. The average Bonchev–Trinajstić information content (AvgIpc) is 3.28. The molecule has 20 heavy (non-hydrogen) atoms. The zero-order chi connectivity index (χ0) is 14.7. The van der Waals surface area contributed by atoms with E-state index in [1.165, 1.54) is 0 Å². The average molecular weight is 284 g/mol. The first-order valence-electron chi connectivity index (χ1n) is 7.33. The number of carboxylic acid groups (broad SMARTS) is 1. The highest BCUT2D eigenvalue weighted by Gasteiger charge is 2.40. The summed E-state index contributed by atoms with van der Waals surface area (Å²) in [4.78, 5) is 25.3. The third-order valence-electron chi connectivity index (χ3n) is 4.23. The number of carbonyl (C=O) groups is 2. The minimum Gasteiger partial charge on any atom is -0.480 e. The molecular weight excluding hydrogens is 260 g/mol. The Kier molecular flexibility index (Phi) is 4.86. The molecule has 2 N–H and O–H groups in total. The third-order valence-corrected chi connectivity index (χ3v) is 4.23. The molecule has 2 atom stereocenters. The number of aliphatic carboxylic acids is 1. The van der Waals surface area contributed by atoms with Gasteiger partial charge >= 0.3 is 12.0 Å². The number of methoxy groups -OCH3 is 1. The summed E-state index contributed by atoms with van der Waals surface area (Å²) in [6, 6.07) is -0.890. The number of hydrogen-bond acceptors (Lipinski definition) is 3. The largest absolute Gasteiger partial charge is 0.480 e. The second-order valence-corrected chi connectivity index (χ2v) is 5.87. The number of rotatable bonds is 8. The maximum atomic E-state index is 12.4. The van der Waals surface area contributed by atoms with E-state index in [4.69, 9.17) is 4.74 Å². The number of ether oxygens (including phenoxy) is 1. The van der Waals surface area contributed by atoms with E-state index in [2.05, 4.69) is 5.32 Å².